The molecule has 0 unspecified atom stereocenters. The van der Waals surface area contributed by atoms with Crippen molar-refractivity contribution in [2.45, 2.75) is 6.92 Å². The fourth-order valence-electron chi connectivity index (χ4n) is 0. The zero-order valence-corrected chi connectivity index (χ0v) is 5.49. The first-order valence-corrected chi connectivity index (χ1v) is 0.993. The van der Waals surface area contributed by atoms with Gasteiger partial charge in [-0.3, -0.25) is 4.79 Å². The summed E-state index contributed by atoms with van der Waals surface area (Å²) < 4.78 is 0. The number of carbonyl (C=O) groups excluding carboxylic acids is 1. The summed E-state index contributed by atoms with van der Waals surface area (Å²) in [4.78, 5) is 9.22. The monoisotopic (exact) mass is 83.0 g/mol. The van der Waals surface area contributed by atoms with Crippen LogP contribution in [0.5, 0.6) is 0 Å². The Kier molecular flexibility index (Phi) is 8.11. The van der Waals surface area contributed by atoms with Crippen molar-refractivity contribution in [3.8, 4) is 0 Å². The molecule has 2 N–H and O–H groups in total. The SMILES string of the molecule is CC(N)=O.[H-].[Na+]. The van der Waals surface area contributed by atoms with Gasteiger partial charge in [0.05, 0.1) is 0 Å². The van der Waals surface area contributed by atoms with Crippen LogP contribution >= 0.6 is 0 Å². The molecule has 0 aromatic carbocycles. The van der Waals surface area contributed by atoms with E-state index in [0.29, 0.717) is 0 Å². The van der Waals surface area contributed by atoms with Crippen molar-refractivity contribution in [1.82, 2.24) is 0 Å². The molecule has 0 atom stereocenters. The van der Waals surface area contributed by atoms with E-state index in [4.69, 9.17) is 0 Å². The Balaban J connectivity index is -0.0000000450. The molecule has 0 aromatic heterocycles. The summed E-state index contributed by atoms with van der Waals surface area (Å²) in [5, 5.41) is 0. The molecule has 26 valence electrons. The third kappa shape index (κ3) is 123. The molecule has 2 nitrogen and oxygen atoms in total. The van der Waals surface area contributed by atoms with Crippen LogP contribution in [0.1, 0.15) is 8.35 Å². The van der Waals surface area contributed by atoms with Gasteiger partial charge in [-0.1, -0.05) is 0 Å². The zero-order chi connectivity index (χ0) is 3.58. The van der Waals surface area contributed by atoms with Crippen molar-refractivity contribution in [1.29, 1.82) is 0 Å². The standard InChI is InChI=1S/C2H5NO.Na.H/c1-2(3)4;;/h1H3,(H2,3,4);;/q;+1;-1. The van der Waals surface area contributed by atoms with Gasteiger partial charge in [-0.25, -0.2) is 0 Å². The van der Waals surface area contributed by atoms with Crippen molar-refractivity contribution in [2.24, 2.45) is 5.73 Å². The Labute approximate surface area is 54.5 Å². The molecule has 0 saturated heterocycles. The predicted octanol–water partition coefficient (Wildman–Crippen LogP) is -3.39. The molecule has 0 fully saturated rings. The van der Waals surface area contributed by atoms with E-state index in [-0.39, 0.29) is 36.9 Å². The van der Waals surface area contributed by atoms with Gasteiger partial charge in [0.15, 0.2) is 0 Å². The quantitative estimate of drug-likeness (QED) is 0.305. The van der Waals surface area contributed by atoms with E-state index < -0.39 is 0 Å². The third-order valence-corrected chi connectivity index (χ3v) is 0. The summed E-state index contributed by atoms with van der Waals surface area (Å²) in [6.45, 7) is 1.31. The van der Waals surface area contributed by atoms with Gasteiger partial charge in [0, 0.05) is 6.92 Å². The van der Waals surface area contributed by atoms with Crippen LogP contribution in [0.25, 0.3) is 0 Å². The van der Waals surface area contributed by atoms with Crippen molar-refractivity contribution in [3.63, 3.8) is 0 Å². The van der Waals surface area contributed by atoms with Crippen molar-refractivity contribution in [2.75, 3.05) is 0 Å². The molecule has 0 aliphatic rings. The van der Waals surface area contributed by atoms with Crippen molar-refractivity contribution >= 4 is 5.91 Å². The Morgan fingerprint density at radius 2 is 2.00 bits per heavy atom. The van der Waals surface area contributed by atoms with E-state index in [1.165, 1.54) is 6.92 Å². The number of rotatable bonds is 0. The Hall–Kier alpha value is 0.470. The number of carbonyl (C=O) groups is 1. The maximum absolute atomic E-state index is 9.22. The van der Waals surface area contributed by atoms with Gasteiger partial charge in [0.1, 0.15) is 0 Å². The van der Waals surface area contributed by atoms with E-state index in [1.807, 2.05) is 0 Å². The number of hydrogen-bond acceptors (Lipinski definition) is 1. The normalized spacial score (nSPS) is 5.00. The average Bonchev–Trinajstić information content (AvgIpc) is 0.811. The van der Waals surface area contributed by atoms with Crippen LogP contribution in [-0.2, 0) is 4.79 Å². The minimum atomic E-state index is -0.333. The predicted molar refractivity (Wildman–Crippen MR) is 16.0 cm³/mol. The van der Waals surface area contributed by atoms with Crippen LogP contribution in [0.3, 0.4) is 0 Å². The van der Waals surface area contributed by atoms with Crippen LogP contribution in [0.2, 0.25) is 0 Å². The van der Waals surface area contributed by atoms with E-state index >= 15 is 0 Å². The summed E-state index contributed by atoms with van der Waals surface area (Å²) in [5.74, 6) is -0.333. The van der Waals surface area contributed by atoms with Crippen LogP contribution in [0.4, 0.5) is 0 Å². The average molecular weight is 83.1 g/mol. The van der Waals surface area contributed by atoms with E-state index in [1.54, 1.807) is 0 Å². The molecule has 5 heavy (non-hydrogen) atoms. The minimum Gasteiger partial charge on any atom is -1.00 e. The minimum absolute atomic E-state index is 0. The maximum atomic E-state index is 9.22. The first-order valence-electron chi connectivity index (χ1n) is 0.993. The van der Waals surface area contributed by atoms with E-state index in [0.717, 1.165) is 0 Å². The van der Waals surface area contributed by atoms with Gasteiger partial charge in [-0.05, 0) is 0 Å². The molecule has 0 saturated carbocycles. The van der Waals surface area contributed by atoms with Crippen LogP contribution in [-0.4, -0.2) is 5.91 Å². The van der Waals surface area contributed by atoms with E-state index in [2.05, 4.69) is 5.73 Å². The molecule has 0 bridgehead atoms. The third-order valence-electron chi connectivity index (χ3n) is 0. The van der Waals surface area contributed by atoms with Gasteiger partial charge in [0.2, 0.25) is 5.91 Å². The molecule has 0 aromatic rings. The molecule has 1 amide bonds. The second-order valence-corrected chi connectivity index (χ2v) is 0.611. The molecule has 0 heterocycles. The molecule has 0 aliphatic heterocycles. The molecular weight excluding hydrogens is 77.0 g/mol. The second-order valence-electron chi connectivity index (χ2n) is 0.611. The molecular formula is C2H6NNaO. The van der Waals surface area contributed by atoms with E-state index in [9.17, 15) is 4.79 Å². The van der Waals surface area contributed by atoms with Gasteiger partial charge in [0.25, 0.3) is 0 Å². The fourth-order valence-corrected chi connectivity index (χ4v) is 0. The summed E-state index contributed by atoms with van der Waals surface area (Å²) in [6, 6.07) is 0. The molecule has 0 aliphatic carbocycles. The van der Waals surface area contributed by atoms with Gasteiger partial charge >= 0.3 is 29.6 Å². The van der Waals surface area contributed by atoms with Crippen LogP contribution in [0.15, 0.2) is 0 Å². The zero-order valence-electron chi connectivity index (χ0n) is 4.49. The summed E-state index contributed by atoms with van der Waals surface area (Å²) in [5.41, 5.74) is 4.47. The summed E-state index contributed by atoms with van der Waals surface area (Å²) in [7, 11) is 0. The van der Waals surface area contributed by atoms with Crippen molar-refractivity contribution in [3.05, 3.63) is 0 Å². The number of hydrogen-bond donors (Lipinski definition) is 1. The van der Waals surface area contributed by atoms with Crippen molar-refractivity contribution < 1.29 is 35.8 Å². The first kappa shape index (κ1) is 9.08. The van der Waals surface area contributed by atoms with Gasteiger partial charge in [-0.15, -0.1) is 0 Å². The molecule has 0 radical (unpaired) electrons. The number of nitrogens with two attached hydrogens (primary N) is 1. The summed E-state index contributed by atoms with van der Waals surface area (Å²) in [6.07, 6.45) is 0. The number of primary amides is 1. The Morgan fingerprint density at radius 3 is 2.00 bits per heavy atom. The molecule has 0 spiro atoms. The number of amides is 1. The fraction of sp³-hybridized carbons (Fsp3) is 0.500. The Morgan fingerprint density at radius 1 is 2.00 bits per heavy atom. The maximum Gasteiger partial charge on any atom is 1.00 e. The summed E-state index contributed by atoms with van der Waals surface area (Å²) >= 11 is 0. The molecule has 0 rings (SSSR count). The molecule has 3 heteroatoms. The smallest absolute Gasteiger partial charge is 1.00 e. The second kappa shape index (κ2) is 4.47. The van der Waals surface area contributed by atoms with Gasteiger partial charge < -0.3 is 7.16 Å². The largest absolute Gasteiger partial charge is 1.00 e. The van der Waals surface area contributed by atoms with Gasteiger partial charge in [-0.2, -0.15) is 0 Å². The first-order chi connectivity index (χ1) is 1.73. The van der Waals surface area contributed by atoms with Crippen LogP contribution in [0, 0.1) is 0 Å². The van der Waals surface area contributed by atoms with Crippen LogP contribution < -0.4 is 35.3 Å². The topological polar surface area (TPSA) is 43.1 Å². The Bertz CT molecular complexity index is 36.5.